The highest BCUT2D eigenvalue weighted by atomic mass is 16.2. The zero-order valence-electron chi connectivity index (χ0n) is 18.1. The summed E-state index contributed by atoms with van der Waals surface area (Å²) in [7, 11) is 0. The fraction of sp³-hybridized carbons (Fsp3) is 0.462. The maximum Gasteiger partial charge on any atom is 0.254 e. The first-order chi connectivity index (χ1) is 15.2. The second kappa shape index (κ2) is 8.83. The molecule has 0 spiro atoms. The molecule has 2 aromatic rings. The van der Waals surface area contributed by atoms with Crippen LogP contribution in [0.25, 0.3) is 11.1 Å². The molecule has 5 heteroatoms. The number of hydrogen-bond acceptors (Lipinski definition) is 3. The monoisotopic (exact) mass is 417 g/mol. The van der Waals surface area contributed by atoms with Gasteiger partial charge in [-0.25, -0.2) is 0 Å². The zero-order chi connectivity index (χ0) is 21.2. The molecule has 2 amide bonds. The van der Waals surface area contributed by atoms with Crippen LogP contribution in [0, 0.1) is 0 Å². The molecular weight excluding hydrogens is 386 g/mol. The van der Waals surface area contributed by atoms with Gasteiger partial charge in [0.05, 0.1) is 0 Å². The van der Waals surface area contributed by atoms with Crippen LogP contribution in [0.15, 0.2) is 42.5 Å². The molecular formula is C26H31N3O2. The molecule has 0 aromatic heterocycles. The molecule has 31 heavy (non-hydrogen) atoms. The van der Waals surface area contributed by atoms with E-state index in [1.54, 1.807) is 0 Å². The lowest BCUT2D eigenvalue weighted by molar-refractivity contribution is 0.0724. The second-order valence-electron chi connectivity index (χ2n) is 9.14. The number of rotatable bonds is 6. The summed E-state index contributed by atoms with van der Waals surface area (Å²) in [5.74, 6) is 0.177. The molecule has 1 N–H and O–H groups in total. The summed E-state index contributed by atoms with van der Waals surface area (Å²) in [6.45, 7) is 4.94. The summed E-state index contributed by atoms with van der Waals surface area (Å²) in [6, 6.07) is 14.3. The third-order valence-electron chi connectivity index (χ3n) is 7.08. The maximum absolute atomic E-state index is 13.0. The maximum atomic E-state index is 13.0. The number of nitrogens with one attached hydrogen (secondary N) is 1. The van der Waals surface area contributed by atoms with E-state index in [9.17, 15) is 9.59 Å². The number of fused-ring (bicyclic) bond motifs is 1. The van der Waals surface area contributed by atoms with Crippen LogP contribution in [0.5, 0.6) is 0 Å². The topological polar surface area (TPSA) is 52.7 Å². The zero-order valence-corrected chi connectivity index (χ0v) is 18.1. The van der Waals surface area contributed by atoms with Crippen molar-refractivity contribution in [2.45, 2.75) is 44.6 Å². The summed E-state index contributed by atoms with van der Waals surface area (Å²) in [5.41, 5.74) is 4.85. The number of hydrogen-bond donors (Lipinski definition) is 1. The second-order valence-corrected chi connectivity index (χ2v) is 9.14. The van der Waals surface area contributed by atoms with E-state index < -0.39 is 0 Å². The smallest absolute Gasteiger partial charge is 0.254 e. The first kappa shape index (κ1) is 20.3. The average Bonchev–Trinajstić information content (AvgIpc) is 3.29. The van der Waals surface area contributed by atoms with E-state index in [0.29, 0.717) is 11.6 Å². The Morgan fingerprint density at radius 3 is 2.35 bits per heavy atom. The molecule has 162 valence electrons. The minimum Gasteiger partial charge on any atom is -0.349 e. The molecule has 0 radical (unpaired) electrons. The highest BCUT2D eigenvalue weighted by molar-refractivity contribution is 5.97. The van der Waals surface area contributed by atoms with Crippen molar-refractivity contribution in [2.75, 3.05) is 32.7 Å². The molecule has 1 aliphatic carbocycles. The fourth-order valence-corrected chi connectivity index (χ4v) is 4.83. The van der Waals surface area contributed by atoms with Gasteiger partial charge in [0.1, 0.15) is 0 Å². The normalized spacial score (nSPS) is 19.2. The molecule has 1 saturated carbocycles. The summed E-state index contributed by atoms with van der Waals surface area (Å²) in [5, 5.41) is 3.09. The van der Waals surface area contributed by atoms with Crippen molar-refractivity contribution < 1.29 is 9.59 Å². The van der Waals surface area contributed by atoms with Crippen molar-refractivity contribution in [3.05, 3.63) is 59.2 Å². The molecule has 2 heterocycles. The number of nitrogens with zero attached hydrogens (tertiary/aromatic N) is 2. The summed E-state index contributed by atoms with van der Waals surface area (Å²) in [4.78, 5) is 29.8. The Hall–Kier alpha value is -2.66. The quantitative estimate of drug-likeness (QED) is 0.779. The lowest BCUT2D eigenvalue weighted by atomic mass is 9.92. The van der Waals surface area contributed by atoms with Gasteiger partial charge in [-0.2, -0.15) is 0 Å². The van der Waals surface area contributed by atoms with Gasteiger partial charge in [-0.1, -0.05) is 24.3 Å². The molecule has 2 fully saturated rings. The molecule has 5 nitrogen and oxygen atoms in total. The number of likely N-dealkylation sites (tertiary alicyclic amines) is 1. The van der Waals surface area contributed by atoms with Crippen LogP contribution in [-0.4, -0.2) is 60.4 Å². The lowest BCUT2D eigenvalue weighted by Crippen LogP contribution is -2.42. The standard InChI is InChI=1S/C26H31N3O2/c30-25(27-23-4-3-5-23)20-8-6-19(7-9-20)21-10-11-24-22(18-21)12-15-29(26(24)31)17-16-28-13-1-2-14-28/h6-11,18,23H,1-5,12-17H2,(H,27,30). The largest absolute Gasteiger partial charge is 0.349 e. The van der Waals surface area contributed by atoms with Crippen molar-refractivity contribution in [3.63, 3.8) is 0 Å². The van der Waals surface area contributed by atoms with E-state index in [1.807, 2.05) is 41.3 Å². The van der Waals surface area contributed by atoms with Gasteiger partial charge in [0.2, 0.25) is 0 Å². The van der Waals surface area contributed by atoms with Gasteiger partial charge in [0.25, 0.3) is 11.8 Å². The van der Waals surface area contributed by atoms with E-state index in [0.717, 1.165) is 61.2 Å². The van der Waals surface area contributed by atoms with Crippen LogP contribution in [-0.2, 0) is 6.42 Å². The first-order valence-corrected chi connectivity index (χ1v) is 11.7. The summed E-state index contributed by atoms with van der Waals surface area (Å²) < 4.78 is 0. The summed E-state index contributed by atoms with van der Waals surface area (Å²) in [6.07, 6.45) is 6.86. The SMILES string of the molecule is O=C(NC1CCC1)c1ccc(-c2ccc3c(c2)CCN(CCN2CCCC2)C3=O)cc1. The highest BCUT2D eigenvalue weighted by Gasteiger charge is 2.25. The predicted molar refractivity (Wildman–Crippen MR) is 122 cm³/mol. The number of amides is 2. The van der Waals surface area contributed by atoms with Gasteiger partial charge in [-0.15, -0.1) is 0 Å². The molecule has 3 aliphatic rings. The van der Waals surface area contributed by atoms with E-state index in [1.165, 1.54) is 32.4 Å². The Kier molecular flexibility index (Phi) is 5.77. The van der Waals surface area contributed by atoms with Crippen molar-refractivity contribution in [3.8, 4) is 11.1 Å². The number of carbonyl (C=O) groups is 2. The predicted octanol–water partition coefficient (Wildman–Crippen LogP) is 3.73. The van der Waals surface area contributed by atoms with Gasteiger partial charge < -0.3 is 15.1 Å². The number of benzene rings is 2. The first-order valence-electron chi connectivity index (χ1n) is 11.7. The Morgan fingerprint density at radius 1 is 0.903 bits per heavy atom. The van der Waals surface area contributed by atoms with Crippen LogP contribution < -0.4 is 5.32 Å². The van der Waals surface area contributed by atoms with E-state index in [-0.39, 0.29) is 11.8 Å². The highest BCUT2D eigenvalue weighted by Crippen LogP contribution is 2.27. The fourth-order valence-electron chi connectivity index (χ4n) is 4.83. The average molecular weight is 418 g/mol. The molecule has 0 atom stereocenters. The minimum atomic E-state index is 0.0151. The molecule has 0 bridgehead atoms. The van der Waals surface area contributed by atoms with Crippen LogP contribution in [0.1, 0.15) is 58.4 Å². The van der Waals surface area contributed by atoms with Crippen LogP contribution in [0.4, 0.5) is 0 Å². The van der Waals surface area contributed by atoms with Crippen molar-refractivity contribution in [2.24, 2.45) is 0 Å². The van der Waals surface area contributed by atoms with Crippen LogP contribution in [0.2, 0.25) is 0 Å². The van der Waals surface area contributed by atoms with Crippen molar-refractivity contribution in [1.82, 2.24) is 15.1 Å². The van der Waals surface area contributed by atoms with Gasteiger partial charge in [0.15, 0.2) is 0 Å². The van der Waals surface area contributed by atoms with Crippen LogP contribution in [0.3, 0.4) is 0 Å². The molecule has 2 aliphatic heterocycles. The van der Waals surface area contributed by atoms with E-state index in [4.69, 9.17) is 0 Å². The van der Waals surface area contributed by atoms with E-state index >= 15 is 0 Å². The summed E-state index contributed by atoms with van der Waals surface area (Å²) >= 11 is 0. The van der Waals surface area contributed by atoms with Gasteiger partial charge in [0, 0.05) is 36.8 Å². The molecule has 2 aromatic carbocycles. The molecule has 5 rings (SSSR count). The van der Waals surface area contributed by atoms with Gasteiger partial charge in [-0.05, 0) is 86.5 Å². The van der Waals surface area contributed by atoms with E-state index in [2.05, 4.69) is 16.3 Å². The van der Waals surface area contributed by atoms with Gasteiger partial charge in [-0.3, -0.25) is 9.59 Å². The third-order valence-corrected chi connectivity index (χ3v) is 7.08. The lowest BCUT2D eigenvalue weighted by Gasteiger charge is -2.30. The van der Waals surface area contributed by atoms with Crippen molar-refractivity contribution in [1.29, 1.82) is 0 Å². The Balaban J connectivity index is 1.25. The Bertz CT molecular complexity index is 959. The van der Waals surface area contributed by atoms with Crippen LogP contribution >= 0.6 is 0 Å². The van der Waals surface area contributed by atoms with Crippen molar-refractivity contribution >= 4 is 11.8 Å². The third kappa shape index (κ3) is 4.38. The molecule has 0 unspecified atom stereocenters. The minimum absolute atomic E-state index is 0.0151. The Morgan fingerprint density at radius 2 is 1.65 bits per heavy atom. The number of carbonyl (C=O) groups excluding carboxylic acids is 2. The Labute approximate surface area is 184 Å². The molecule has 1 saturated heterocycles. The van der Waals surface area contributed by atoms with Gasteiger partial charge >= 0.3 is 0 Å².